The number of benzene rings is 1. The van der Waals surface area contributed by atoms with Crippen molar-refractivity contribution in [3.63, 3.8) is 0 Å². The number of carbonyl (C=O) groups is 1. The summed E-state index contributed by atoms with van der Waals surface area (Å²) in [5.74, 6) is -0.830. The van der Waals surface area contributed by atoms with E-state index >= 15 is 0 Å². The van der Waals surface area contributed by atoms with Crippen LogP contribution in [0, 0.1) is 0 Å². The number of hydrogen-bond acceptors (Lipinski definition) is 9. The number of aliphatic hydroxyl groups excluding tert-OH is 2. The predicted molar refractivity (Wildman–Crippen MR) is 118 cm³/mol. The number of aromatic hydroxyl groups is 1. The van der Waals surface area contributed by atoms with E-state index in [0.717, 1.165) is 17.1 Å². The van der Waals surface area contributed by atoms with Crippen LogP contribution in [0.2, 0.25) is 0 Å². The molecule has 0 saturated carbocycles. The van der Waals surface area contributed by atoms with Crippen molar-refractivity contribution in [2.24, 2.45) is 0 Å². The number of imidazole rings is 1. The van der Waals surface area contributed by atoms with Crippen LogP contribution in [0.25, 0.3) is 16.9 Å². The molecule has 4 N–H and O–H groups in total. The zero-order valence-corrected chi connectivity index (χ0v) is 18.7. The van der Waals surface area contributed by atoms with Crippen molar-refractivity contribution in [2.45, 2.75) is 25.1 Å². The van der Waals surface area contributed by atoms with Gasteiger partial charge in [-0.25, -0.2) is 9.97 Å². The average molecular weight is 520 g/mol. The normalized spacial score (nSPS) is 14.4. The minimum atomic E-state index is -4.83. The van der Waals surface area contributed by atoms with Crippen LogP contribution in [-0.4, -0.2) is 80.9 Å². The standard InChI is InChI=1S/C22H19F3N6O6/c23-22(24,25)18-14(9-30(28-18)10-17(34)35)15-6-27-19-20(26-3-4-31(15)19)37-12-1-2-13(16(33)5-12)21(36)29-7-11(32)8-29/h1-6,9,11,17,32-35H,7-8,10H2. The number of phenols is 1. The molecule has 1 fully saturated rings. The number of β-amino-alcohol motifs (C(OH)–C–C–N with tert-alkyl or cyclic N) is 1. The lowest BCUT2D eigenvalue weighted by Gasteiger charge is -2.35. The first-order chi connectivity index (χ1) is 17.5. The van der Waals surface area contributed by atoms with Crippen LogP contribution in [0.4, 0.5) is 13.2 Å². The van der Waals surface area contributed by atoms with Gasteiger partial charge in [-0.15, -0.1) is 0 Å². The molecule has 4 heterocycles. The fourth-order valence-electron chi connectivity index (χ4n) is 3.90. The highest BCUT2D eigenvalue weighted by molar-refractivity contribution is 5.97. The van der Waals surface area contributed by atoms with E-state index in [1.165, 1.54) is 39.9 Å². The number of aliphatic hydroxyl groups is 3. The van der Waals surface area contributed by atoms with E-state index in [-0.39, 0.29) is 52.9 Å². The summed E-state index contributed by atoms with van der Waals surface area (Å²) in [5.41, 5.74) is -1.54. The number of rotatable bonds is 6. The highest BCUT2D eigenvalue weighted by atomic mass is 19.4. The molecule has 1 aromatic carbocycles. The van der Waals surface area contributed by atoms with Crippen molar-refractivity contribution in [1.82, 2.24) is 29.0 Å². The molecule has 1 saturated heterocycles. The first kappa shape index (κ1) is 24.5. The Labute approximate surface area is 205 Å². The van der Waals surface area contributed by atoms with Crippen molar-refractivity contribution in [1.29, 1.82) is 0 Å². The Kier molecular flexibility index (Phi) is 5.97. The van der Waals surface area contributed by atoms with Crippen LogP contribution < -0.4 is 4.74 Å². The van der Waals surface area contributed by atoms with Gasteiger partial charge in [-0.3, -0.25) is 13.9 Å². The zero-order chi connectivity index (χ0) is 26.5. The third kappa shape index (κ3) is 4.66. The van der Waals surface area contributed by atoms with Crippen LogP contribution in [0.5, 0.6) is 17.4 Å². The Bertz CT molecular complexity index is 1480. The maximum Gasteiger partial charge on any atom is 0.435 e. The molecular weight excluding hydrogens is 501 g/mol. The Morgan fingerprint density at radius 1 is 1.22 bits per heavy atom. The van der Waals surface area contributed by atoms with E-state index in [4.69, 9.17) is 14.9 Å². The van der Waals surface area contributed by atoms with Gasteiger partial charge in [0.2, 0.25) is 5.65 Å². The largest absolute Gasteiger partial charge is 0.507 e. The summed E-state index contributed by atoms with van der Waals surface area (Å²) in [7, 11) is 0. The van der Waals surface area contributed by atoms with Crippen molar-refractivity contribution in [2.75, 3.05) is 13.1 Å². The van der Waals surface area contributed by atoms with Crippen molar-refractivity contribution >= 4 is 11.6 Å². The number of aromatic nitrogens is 5. The molecule has 194 valence electrons. The number of fused-ring (bicyclic) bond motifs is 1. The molecule has 5 rings (SSSR count). The van der Waals surface area contributed by atoms with Gasteiger partial charge in [0.05, 0.1) is 35.7 Å². The van der Waals surface area contributed by atoms with E-state index in [1.54, 1.807) is 0 Å². The SMILES string of the molecule is O=C(c1ccc(Oc2nccn3c(-c4cn(CC(O)O)nc4C(F)(F)F)cnc23)cc1O)N1CC(O)C1. The van der Waals surface area contributed by atoms with Gasteiger partial charge in [0, 0.05) is 37.7 Å². The van der Waals surface area contributed by atoms with E-state index in [9.17, 15) is 28.2 Å². The van der Waals surface area contributed by atoms with Gasteiger partial charge in [-0.05, 0) is 12.1 Å². The monoisotopic (exact) mass is 520 g/mol. The maximum atomic E-state index is 13.6. The fraction of sp³-hybridized carbons (Fsp3) is 0.273. The highest BCUT2D eigenvalue weighted by Gasteiger charge is 2.38. The molecule has 12 nitrogen and oxygen atoms in total. The van der Waals surface area contributed by atoms with Crippen LogP contribution in [0.15, 0.2) is 43.0 Å². The Hall–Kier alpha value is -4.21. The van der Waals surface area contributed by atoms with Crippen LogP contribution >= 0.6 is 0 Å². The number of halogens is 3. The number of amides is 1. The molecule has 0 bridgehead atoms. The number of nitrogens with zero attached hydrogens (tertiary/aromatic N) is 6. The van der Waals surface area contributed by atoms with Gasteiger partial charge in [-0.2, -0.15) is 18.3 Å². The first-order valence-electron chi connectivity index (χ1n) is 10.8. The van der Waals surface area contributed by atoms with Crippen LogP contribution in [-0.2, 0) is 12.7 Å². The molecule has 0 spiro atoms. The topological polar surface area (TPSA) is 158 Å². The summed E-state index contributed by atoms with van der Waals surface area (Å²) in [4.78, 5) is 22.0. The van der Waals surface area contributed by atoms with Gasteiger partial charge in [-0.1, -0.05) is 0 Å². The molecule has 3 aromatic heterocycles. The maximum absolute atomic E-state index is 13.6. The summed E-state index contributed by atoms with van der Waals surface area (Å²) in [5, 5.41) is 41.4. The van der Waals surface area contributed by atoms with Gasteiger partial charge in [0.15, 0.2) is 12.0 Å². The second kappa shape index (κ2) is 9.02. The molecule has 1 aliphatic rings. The number of phenolic OH excluding ortho intramolecular Hbond substituents is 1. The van der Waals surface area contributed by atoms with E-state index in [1.807, 2.05) is 0 Å². The molecule has 15 heteroatoms. The van der Waals surface area contributed by atoms with Gasteiger partial charge < -0.3 is 30.1 Å². The molecule has 4 aromatic rings. The predicted octanol–water partition coefficient (Wildman–Crippen LogP) is 1.24. The van der Waals surface area contributed by atoms with Gasteiger partial charge in [0.25, 0.3) is 11.8 Å². The average Bonchev–Trinajstić information content (AvgIpc) is 3.41. The lowest BCUT2D eigenvalue weighted by molar-refractivity contribution is -0.141. The molecule has 0 radical (unpaired) electrons. The van der Waals surface area contributed by atoms with Crippen molar-refractivity contribution in [3.8, 4) is 28.6 Å². The number of hydrogen-bond donors (Lipinski definition) is 4. The Morgan fingerprint density at radius 2 is 1.97 bits per heavy atom. The molecule has 1 amide bonds. The summed E-state index contributed by atoms with van der Waals surface area (Å²) in [6.07, 6.45) is -2.51. The van der Waals surface area contributed by atoms with Crippen LogP contribution in [0.1, 0.15) is 16.1 Å². The van der Waals surface area contributed by atoms with E-state index < -0.39 is 36.7 Å². The number of carbonyl (C=O) groups excluding carboxylic acids is 1. The quantitative estimate of drug-likeness (QED) is 0.275. The summed E-state index contributed by atoms with van der Waals surface area (Å²) >= 11 is 0. The lowest BCUT2D eigenvalue weighted by atomic mass is 10.1. The molecule has 0 aliphatic carbocycles. The van der Waals surface area contributed by atoms with E-state index in [2.05, 4.69) is 15.1 Å². The highest BCUT2D eigenvalue weighted by Crippen LogP contribution is 2.37. The van der Waals surface area contributed by atoms with E-state index in [0.29, 0.717) is 0 Å². The first-order valence-corrected chi connectivity index (χ1v) is 10.8. The smallest absolute Gasteiger partial charge is 0.435 e. The number of ether oxygens (including phenoxy) is 1. The lowest BCUT2D eigenvalue weighted by Crippen LogP contribution is -2.53. The molecular formula is C22H19F3N6O6. The summed E-state index contributed by atoms with van der Waals surface area (Å²) < 4.78 is 48.7. The van der Waals surface area contributed by atoms with Gasteiger partial charge >= 0.3 is 6.18 Å². The summed E-state index contributed by atoms with van der Waals surface area (Å²) in [6.45, 7) is -0.240. The minimum Gasteiger partial charge on any atom is -0.507 e. The number of likely N-dealkylation sites (tertiary alicyclic amines) is 1. The third-order valence-corrected chi connectivity index (χ3v) is 5.62. The number of alkyl halides is 3. The Balaban J connectivity index is 1.46. The molecule has 37 heavy (non-hydrogen) atoms. The fourth-order valence-corrected chi connectivity index (χ4v) is 3.90. The second-order valence-electron chi connectivity index (χ2n) is 8.31. The van der Waals surface area contributed by atoms with Crippen molar-refractivity contribution in [3.05, 3.63) is 54.2 Å². The van der Waals surface area contributed by atoms with Crippen molar-refractivity contribution < 1.29 is 43.1 Å². The zero-order valence-electron chi connectivity index (χ0n) is 18.7. The molecule has 0 unspecified atom stereocenters. The third-order valence-electron chi connectivity index (χ3n) is 5.62. The molecule has 1 aliphatic heterocycles. The van der Waals surface area contributed by atoms with Gasteiger partial charge in [0.1, 0.15) is 11.5 Å². The molecule has 0 atom stereocenters. The second-order valence-corrected chi connectivity index (χ2v) is 8.31. The Morgan fingerprint density at radius 3 is 2.62 bits per heavy atom. The minimum absolute atomic E-state index is 0.00576. The van der Waals surface area contributed by atoms with Crippen LogP contribution in [0.3, 0.4) is 0 Å². The summed E-state index contributed by atoms with van der Waals surface area (Å²) in [6, 6.07) is 3.93.